The number of benzene rings is 1. The van der Waals surface area contributed by atoms with Crippen LogP contribution in [0.5, 0.6) is 0 Å². The van der Waals surface area contributed by atoms with Crippen molar-refractivity contribution in [2.75, 3.05) is 13.6 Å². The predicted molar refractivity (Wildman–Crippen MR) is 77.4 cm³/mol. The zero-order valence-electron chi connectivity index (χ0n) is 10.6. The molecule has 3 N–H and O–H groups in total. The summed E-state index contributed by atoms with van der Waals surface area (Å²) < 4.78 is 2.65. The van der Waals surface area contributed by atoms with Crippen LogP contribution in [0.3, 0.4) is 0 Å². The number of nitrogens with two attached hydrogens (primary N) is 1. The number of amides is 1. The van der Waals surface area contributed by atoms with Crippen molar-refractivity contribution in [3.8, 4) is 5.69 Å². The number of carbonyl (C=O) groups is 1. The van der Waals surface area contributed by atoms with E-state index in [1.165, 1.54) is 0 Å². The van der Waals surface area contributed by atoms with Gasteiger partial charge in [-0.3, -0.25) is 4.79 Å². The number of hydrogen-bond acceptors (Lipinski definition) is 3. The maximum Gasteiger partial charge on any atom is 0.271 e. The quantitative estimate of drug-likeness (QED) is 0.895. The van der Waals surface area contributed by atoms with Crippen molar-refractivity contribution < 1.29 is 4.79 Å². The van der Waals surface area contributed by atoms with Crippen LogP contribution in [0, 0.1) is 0 Å². The van der Waals surface area contributed by atoms with Crippen LogP contribution >= 0.6 is 15.9 Å². The van der Waals surface area contributed by atoms with Gasteiger partial charge in [0.25, 0.3) is 5.91 Å². The number of nitrogens with one attached hydrogen (secondary N) is 1. The third-order valence-electron chi connectivity index (χ3n) is 2.76. The molecular formula is C13H15BrN4O. The van der Waals surface area contributed by atoms with Crippen molar-refractivity contribution in [1.82, 2.24) is 15.1 Å². The number of carbonyl (C=O) groups excluding carboxylic acids is 1. The summed E-state index contributed by atoms with van der Waals surface area (Å²) in [6, 6.07) is 7.63. The van der Waals surface area contributed by atoms with Crippen molar-refractivity contribution in [2.24, 2.45) is 5.73 Å². The summed E-state index contributed by atoms with van der Waals surface area (Å²) in [5.74, 6) is -0.200. The van der Waals surface area contributed by atoms with E-state index in [1.807, 2.05) is 18.2 Å². The van der Waals surface area contributed by atoms with Crippen LogP contribution in [0.25, 0.3) is 5.69 Å². The smallest absolute Gasteiger partial charge is 0.271 e. The van der Waals surface area contributed by atoms with Crippen LogP contribution in [0.1, 0.15) is 16.1 Å². The molecule has 1 aromatic heterocycles. The Hall–Kier alpha value is -1.66. The zero-order valence-corrected chi connectivity index (χ0v) is 12.1. The van der Waals surface area contributed by atoms with E-state index in [-0.39, 0.29) is 5.91 Å². The number of rotatable bonds is 4. The molecule has 19 heavy (non-hydrogen) atoms. The Morgan fingerprint density at radius 1 is 1.47 bits per heavy atom. The molecule has 0 aliphatic carbocycles. The molecule has 1 heterocycles. The van der Waals surface area contributed by atoms with Gasteiger partial charge in [0.05, 0.1) is 5.69 Å². The molecule has 0 fully saturated rings. The highest BCUT2D eigenvalue weighted by molar-refractivity contribution is 9.10. The van der Waals surface area contributed by atoms with Crippen molar-refractivity contribution in [2.45, 2.75) is 6.42 Å². The summed E-state index contributed by atoms with van der Waals surface area (Å²) in [5.41, 5.74) is 8.03. The van der Waals surface area contributed by atoms with E-state index in [0.717, 1.165) is 22.1 Å². The lowest BCUT2D eigenvalue weighted by molar-refractivity contribution is 0.0957. The highest BCUT2D eigenvalue weighted by Crippen LogP contribution is 2.20. The van der Waals surface area contributed by atoms with Gasteiger partial charge in [0, 0.05) is 17.7 Å². The van der Waals surface area contributed by atoms with E-state index >= 15 is 0 Å². The lowest BCUT2D eigenvalue weighted by Gasteiger charge is -2.09. The third-order valence-corrected chi connectivity index (χ3v) is 3.25. The second-order valence-electron chi connectivity index (χ2n) is 4.04. The van der Waals surface area contributed by atoms with E-state index in [0.29, 0.717) is 12.2 Å². The molecule has 2 rings (SSSR count). The van der Waals surface area contributed by atoms with E-state index in [1.54, 1.807) is 24.0 Å². The highest BCUT2D eigenvalue weighted by atomic mass is 79.9. The van der Waals surface area contributed by atoms with Crippen LogP contribution in [-0.4, -0.2) is 29.3 Å². The SMILES string of the molecule is CNC(=O)c1ccn(-c2cc(Br)ccc2CCN)n1. The van der Waals surface area contributed by atoms with E-state index in [4.69, 9.17) is 5.73 Å². The van der Waals surface area contributed by atoms with Crippen LogP contribution < -0.4 is 11.1 Å². The standard InChI is InChI=1S/C13H15BrN4O/c1-16-13(19)11-5-7-18(17-11)12-8-10(14)3-2-9(12)4-6-15/h2-3,5,7-8H,4,6,15H2,1H3,(H,16,19). The van der Waals surface area contributed by atoms with E-state index < -0.39 is 0 Å². The maximum absolute atomic E-state index is 11.5. The Bertz CT molecular complexity index is 594. The van der Waals surface area contributed by atoms with Crippen molar-refractivity contribution in [3.63, 3.8) is 0 Å². The first kappa shape index (κ1) is 13.8. The van der Waals surface area contributed by atoms with Gasteiger partial charge >= 0.3 is 0 Å². The largest absolute Gasteiger partial charge is 0.354 e. The molecule has 0 spiro atoms. The zero-order chi connectivity index (χ0) is 13.8. The fourth-order valence-electron chi connectivity index (χ4n) is 1.82. The summed E-state index contributed by atoms with van der Waals surface area (Å²) in [5, 5.41) is 6.83. The first-order chi connectivity index (χ1) is 9.15. The molecule has 0 unspecified atom stereocenters. The Morgan fingerprint density at radius 3 is 2.95 bits per heavy atom. The molecule has 1 aromatic carbocycles. The van der Waals surface area contributed by atoms with Gasteiger partial charge in [0.2, 0.25) is 0 Å². The van der Waals surface area contributed by atoms with Gasteiger partial charge in [0.15, 0.2) is 5.69 Å². The lowest BCUT2D eigenvalue weighted by atomic mass is 10.1. The molecule has 0 aliphatic rings. The third kappa shape index (κ3) is 3.02. The monoisotopic (exact) mass is 322 g/mol. The molecule has 0 saturated carbocycles. The average Bonchev–Trinajstić information content (AvgIpc) is 2.89. The summed E-state index contributed by atoms with van der Waals surface area (Å²) in [6.45, 7) is 0.568. The van der Waals surface area contributed by atoms with Gasteiger partial charge in [0.1, 0.15) is 0 Å². The molecule has 6 heteroatoms. The second kappa shape index (κ2) is 5.99. The summed E-state index contributed by atoms with van der Waals surface area (Å²) >= 11 is 3.44. The van der Waals surface area contributed by atoms with E-state index in [2.05, 4.69) is 26.3 Å². The van der Waals surface area contributed by atoms with Gasteiger partial charge < -0.3 is 11.1 Å². The molecule has 0 radical (unpaired) electrons. The Kier molecular flexibility index (Phi) is 4.34. The number of halogens is 1. The molecule has 0 atom stereocenters. The summed E-state index contributed by atoms with van der Waals surface area (Å²) in [6.07, 6.45) is 2.53. The molecule has 100 valence electrons. The lowest BCUT2D eigenvalue weighted by Crippen LogP contribution is -2.18. The minimum absolute atomic E-state index is 0.200. The van der Waals surface area contributed by atoms with Gasteiger partial charge in [-0.15, -0.1) is 0 Å². The minimum Gasteiger partial charge on any atom is -0.354 e. The van der Waals surface area contributed by atoms with Crippen molar-refractivity contribution in [3.05, 3.63) is 46.2 Å². The van der Waals surface area contributed by atoms with Gasteiger partial charge in [-0.25, -0.2) is 4.68 Å². The fraction of sp³-hybridized carbons (Fsp3) is 0.231. The molecule has 1 amide bonds. The Morgan fingerprint density at radius 2 is 2.26 bits per heavy atom. The van der Waals surface area contributed by atoms with Crippen LogP contribution in [0.2, 0.25) is 0 Å². The van der Waals surface area contributed by atoms with Crippen LogP contribution in [0.4, 0.5) is 0 Å². The van der Waals surface area contributed by atoms with E-state index in [9.17, 15) is 4.79 Å². The predicted octanol–water partition coefficient (Wildman–Crippen LogP) is 1.50. The molecule has 0 aliphatic heterocycles. The Balaban J connectivity index is 2.42. The molecule has 0 saturated heterocycles. The summed E-state index contributed by atoms with van der Waals surface area (Å²) in [4.78, 5) is 11.5. The topological polar surface area (TPSA) is 72.9 Å². The second-order valence-corrected chi connectivity index (χ2v) is 4.95. The van der Waals surface area contributed by atoms with Crippen LogP contribution in [-0.2, 0) is 6.42 Å². The molecule has 2 aromatic rings. The highest BCUT2D eigenvalue weighted by Gasteiger charge is 2.10. The Labute approximate surface area is 119 Å². The fourth-order valence-corrected chi connectivity index (χ4v) is 2.17. The minimum atomic E-state index is -0.200. The molecular weight excluding hydrogens is 308 g/mol. The van der Waals surface area contributed by atoms with Crippen molar-refractivity contribution >= 4 is 21.8 Å². The molecule has 5 nitrogen and oxygen atoms in total. The first-order valence-electron chi connectivity index (χ1n) is 5.92. The number of nitrogens with zero attached hydrogens (tertiary/aromatic N) is 2. The molecule has 0 bridgehead atoms. The average molecular weight is 323 g/mol. The van der Waals surface area contributed by atoms with Crippen molar-refractivity contribution in [1.29, 1.82) is 0 Å². The maximum atomic E-state index is 11.5. The van der Waals surface area contributed by atoms with Gasteiger partial charge in [-0.1, -0.05) is 22.0 Å². The normalized spacial score (nSPS) is 10.5. The first-order valence-corrected chi connectivity index (χ1v) is 6.71. The van der Waals surface area contributed by atoms with Gasteiger partial charge in [-0.05, 0) is 36.7 Å². The number of aromatic nitrogens is 2. The summed E-state index contributed by atoms with van der Waals surface area (Å²) in [7, 11) is 1.58. The van der Waals surface area contributed by atoms with Gasteiger partial charge in [-0.2, -0.15) is 5.10 Å². The van der Waals surface area contributed by atoms with Crippen LogP contribution in [0.15, 0.2) is 34.9 Å². The number of hydrogen-bond donors (Lipinski definition) is 2.